The fourth-order valence-corrected chi connectivity index (χ4v) is 2.13. The highest BCUT2D eigenvalue weighted by Crippen LogP contribution is 2.23. The second-order valence-electron chi connectivity index (χ2n) is 6.00. The molecule has 9 nitrogen and oxygen atoms in total. The predicted molar refractivity (Wildman–Crippen MR) is 87.5 cm³/mol. The second-order valence-corrected chi connectivity index (χ2v) is 7.65. The van der Waals surface area contributed by atoms with Gasteiger partial charge in [0.05, 0.1) is 17.8 Å². The molecule has 0 heterocycles. The number of hydrogen-bond donors (Lipinski definition) is 1. The van der Waals surface area contributed by atoms with Gasteiger partial charge in [0.25, 0.3) is 15.8 Å². The van der Waals surface area contributed by atoms with Gasteiger partial charge in [-0.25, -0.2) is 4.79 Å². The summed E-state index contributed by atoms with van der Waals surface area (Å²) >= 11 is 0. The highest BCUT2D eigenvalue weighted by atomic mass is 32.2. The van der Waals surface area contributed by atoms with Crippen LogP contribution in [0.1, 0.15) is 26.3 Å². The maximum atomic E-state index is 11.8. The summed E-state index contributed by atoms with van der Waals surface area (Å²) in [7, 11) is -3.63. The number of carbonyl (C=O) groups excluding carboxylic acids is 1. The molecular weight excluding hydrogens is 340 g/mol. The molecule has 0 aliphatic carbocycles. The number of nitrogens with zero attached hydrogens (tertiary/aromatic N) is 1. The van der Waals surface area contributed by atoms with Gasteiger partial charge >= 0.3 is 6.09 Å². The lowest BCUT2D eigenvalue weighted by Crippen LogP contribution is -2.27. The Kier molecular flexibility index (Phi) is 6.27. The minimum absolute atomic E-state index is 0.0554. The highest BCUT2D eigenvalue weighted by Gasteiger charge is 2.18. The van der Waals surface area contributed by atoms with Crippen LogP contribution in [-0.2, 0) is 25.5 Å². The summed E-state index contributed by atoms with van der Waals surface area (Å²) in [5, 5.41) is 13.4. The zero-order valence-electron chi connectivity index (χ0n) is 13.9. The lowest BCUT2D eigenvalue weighted by molar-refractivity contribution is -0.384. The van der Waals surface area contributed by atoms with E-state index in [1.54, 1.807) is 20.8 Å². The van der Waals surface area contributed by atoms with E-state index in [9.17, 15) is 23.3 Å². The summed E-state index contributed by atoms with van der Waals surface area (Å²) < 4.78 is 31.7. The first kappa shape index (κ1) is 19.8. The van der Waals surface area contributed by atoms with E-state index in [2.05, 4.69) is 9.50 Å². The van der Waals surface area contributed by atoms with E-state index >= 15 is 0 Å². The molecule has 0 aliphatic heterocycles. The number of amides is 1. The van der Waals surface area contributed by atoms with Crippen LogP contribution in [0.5, 0.6) is 0 Å². The highest BCUT2D eigenvalue weighted by molar-refractivity contribution is 7.85. The molecule has 1 N–H and O–H groups in total. The van der Waals surface area contributed by atoms with E-state index in [-0.39, 0.29) is 24.4 Å². The van der Waals surface area contributed by atoms with Crippen LogP contribution in [0.25, 0.3) is 0 Å². The molecule has 1 aromatic rings. The van der Waals surface area contributed by atoms with E-state index in [0.717, 1.165) is 6.26 Å². The number of nitrogens with one attached hydrogen (secondary N) is 1. The molecule has 0 aromatic heterocycles. The summed E-state index contributed by atoms with van der Waals surface area (Å²) in [5.41, 5.74) is -0.241. The first-order valence-electron chi connectivity index (χ1n) is 6.99. The molecule has 0 saturated carbocycles. The average molecular weight is 360 g/mol. The van der Waals surface area contributed by atoms with Crippen LogP contribution in [0.15, 0.2) is 18.2 Å². The minimum atomic E-state index is -3.63. The van der Waals surface area contributed by atoms with Gasteiger partial charge in [0, 0.05) is 17.8 Å². The van der Waals surface area contributed by atoms with Gasteiger partial charge < -0.3 is 4.74 Å². The number of nitro groups is 1. The van der Waals surface area contributed by atoms with Gasteiger partial charge in [-0.2, -0.15) is 8.42 Å². The summed E-state index contributed by atoms with van der Waals surface area (Å²) in [6.07, 6.45) is 0.238. The van der Waals surface area contributed by atoms with Crippen molar-refractivity contribution in [2.75, 3.05) is 18.2 Å². The standard InChI is InChI=1S/C14H20N2O7S/c1-14(2,3)23-13(17)15-12-6-5-11(16(18)19)9-10(12)7-8-22-24(4,20)21/h5-6,9H,7-8H2,1-4H3,(H,15,17). The molecule has 0 aliphatic rings. The smallest absolute Gasteiger partial charge is 0.412 e. The maximum absolute atomic E-state index is 11.8. The molecule has 1 rings (SSSR count). The van der Waals surface area contributed by atoms with Crippen molar-refractivity contribution in [2.45, 2.75) is 32.8 Å². The van der Waals surface area contributed by atoms with Crippen molar-refractivity contribution in [3.8, 4) is 0 Å². The van der Waals surface area contributed by atoms with Crippen molar-refractivity contribution in [2.24, 2.45) is 0 Å². The number of nitro benzene ring substituents is 1. The third-order valence-electron chi connectivity index (χ3n) is 2.60. The Morgan fingerprint density at radius 3 is 2.46 bits per heavy atom. The van der Waals surface area contributed by atoms with Gasteiger partial charge in [0.1, 0.15) is 5.60 Å². The maximum Gasteiger partial charge on any atom is 0.412 e. The number of rotatable bonds is 6. The first-order chi connectivity index (χ1) is 10.9. The van der Waals surface area contributed by atoms with E-state index in [1.807, 2.05) is 0 Å². The largest absolute Gasteiger partial charge is 0.444 e. The van der Waals surface area contributed by atoms with Crippen molar-refractivity contribution in [1.82, 2.24) is 0 Å². The molecule has 0 radical (unpaired) electrons. The Bertz CT molecular complexity index is 723. The lowest BCUT2D eigenvalue weighted by Gasteiger charge is -2.20. The van der Waals surface area contributed by atoms with Gasteiger partial charge in [-0.05, 0) is 38.8 Å². The third-order valence-corrected chi connectivity index (χ3v) is 3.20. The molecule has 0 unspecified atom stereocenters. The molecule has 10 heteroatoms. The quantitative estimate of drug-likeness (QED) is 0.469. The molecule has 0 bridgehead atoms. The molecule has 24 heavy (non-hydrogen) atoms. The predicted octanol–water partition coefficient (Wildman–Crippen LogP) is 2.46. The lowest BCUT2D eigenvalue weighted by atomic mass is 10.1. The van der Waals surface area contributed by atoms with Crippen LogP contribution in [0.3, 0.4) is 0 Å². The van der Waals surface area contributed by atoms with Crippen LogP contribution >= 0.6 is 0 Å². The molecular formula is C14H20N2O7S. The van der Waals surface area contributed by atoms with Gasteiger partial charge in [-0.15, -0.1) is 0 Å². The minimum Gasteiger partial charge on any atom is -0.444 e. The van der Waals surface area contributed by atoms with E-state index in [1.165, 1.54) is 18.2 Å². The number of non-ortho nitro benzene ring substituents is 1. The molecule has 0 fully saturated rings. The summed E-state index contributed by atoms with van der Waals surface area (Å²) in [4.78, 5) is 22.1. The molecule has 0 atom stereocenters. The Morgan fingerprint density at radius 1 is 1.33 bits per heavy atom. The Hall–Kier alpha value is -2.20. The summed E-state index contributed by atoms with van der Waals surface area (Å²) in [6.45, 7) is 4.89. The zero-order valence-corrected chi connectivity index (χ0v) is 14.7. The van der Waals surface area contributed by atoms with Crippen LogP contribution in [0.2, 0.25) is 0 Å². The van der Waals surface area contributed by atoms with Crippen LogP contribution in [0.4, 0.5) is 16.2 Å². The Labute approximate surface area is 140 Å². The van der Waals surface area contributed by atoms with E-state index < -0.39 is 26.7 Å². The zero-order chi connectivity index (χ0) is 18.5. The van der Waals surface area contributed by atoms with Gasteiger partial charge in [-0.3, -0.25) is 19.6 Å². The molecule has 1 amide bonds. The SMILES string of the molecule is CC(C)(C)OC(=O)Nc1ccc([N+](=O)[O-])cc1CCOS(C)(=O)=O. The molecule has 0 saturated heterocycles. The van der Waals surface area contributed by atoms with Crippen LogP contribution in [-0.4, -0.2) is 37.9 Å². The van der Waals surface area contributed by atoms with Crippen LogP contribution in [0, 0.1) is 10.1 Å². The normalized spacial score (nSPS) is 11.8. The Morgan fingerprint density at radius 2 is 1.96 bits per heavy atom. The molecule has 0 spiro atoms. The average Bonchev–Trinajstić information content (AvgIpc) is 2.36. The third kappa shape index (κ3) is 7.38. The topological polar surface area (TPSA) is 125 Å². The van der Waals surface area contributed by atoms with Crippen molar-refractivity contribution in [1.29, 1.82) is 0 Å². The van der Waals surface area contributed by atoms with Crippen molar-refractivity contribution in [3.05, 3.63) is 33.9 Å². The Balaban J connectivity index is 2.96. The number of hydrogen-bond acceptors (Lipinski definition) is 7. The first-order valence-corrected chi connectivity index (χ1v) is 8.81. The molecule has 1 aromatic carbocycles. The van der Waals surface area contributed by atoms with Crippen molar-refractivity contribution >= 4 is 27.6 Å². The van der Waals surface area contributed by atoms with E-state index in [4.69, 9.17) is 4.74 Å². The number of benzene rings is 1. The van der Waals surface area contributed by atoms with Gasteiger partial charge in [-0.1, -0.05) is 0 Å². The van der Waals surface area contributed by atoms with Crippen LogP contribution < -0.4 is 5.32 Å². The number of anilines is 1. The monoisotopic (exact) mass is 360 g/mol. The number of ether oxygens (including phenoxy) is 1. The fourth-order valence-electron chi connectivity index (χ4n) is 1.74. The summed E-state index contributed by atoms with van der Waals surface area (Å²) in [6, 6.07) is 3.84. The van der Waals surface area contributed by atoms with Gasteiger partial charge in [0.2, 0.25) is 0 Å². The van der Waals surface area contributed by atoms with E-state index in [0.29, 0.717) is 5.56 Å². The molecule has 134 valence electrons. The van der Waals surface area contributed by atoms with Crippen molar-refractivity contribution < 1.29 is 27.1 Å². The number of carbonyl (C=O) groups is 1. The second kappa shape index (κ2) is 7.58. The van der Waals surface area contributed by atoms with Crippen molar-refractivity contribution in [3.63, 3.8) is 0 Å². The fraction of sp³-hybridized carbons (Fsp3) is 0.500. The summed E-state index contributed by atoms with van der Waals surface area (Å²) in [5.74, 6) is 0. The van der Waals surface area contributed by atoms with Gasteiger partial charge in [0.15, 0.2) is 0 Å².